The number of benzene rings is 2. The summed E-state index contributed by atoms with van der Waals surface area (Å²) in [6.45, 7) is 4.14. The van der Waals surface area contributed by atoms with E-state index in [1.165, 1.54) is 27.8 Å². The molecule has 0 saturated heterocycles. The monoisotopic (exact) mass is 376 g/mol. The Morgan fingerprint density at radius 1 is 1.19 bits per heavy atom. The van der Waals surface area contributed by atoms with E-state index in [1.807, 2.05) is 41.1 Å². The van der Waals surface area contributed by atoms with Gasteiger partial charge < -0.3 is 0 Å². The first-order chi connectivity index (χ1) is 13.1. The van der Waals surface area contributed by atoms with Gasteiger partial charge in [0.05, 0.1) is 11.8 Å². The van der Waals surface area contributed by atoms with Crippen LogP contribution in [-0.2, 0) is 4.79 Å². The smallest absolute Gasteiger partial charge is 0.238 e. The standard InChI is InChI=1S/C21H20N4OS/c1-16-12-17(2)14-19(13-16)25-11-9-23-21(25)27-15-20(26)24(10-8-22)18-6-4-3-5-7-18/h3-7,9,11-14H,10,15H2,1-2H3. The topological polar surface area (TPSA) is 61.9 Å². The average molecular weight is 376 g/mol. The summed E-state index contributed by atoms with van der Waals surface area (Å²) in [5.74, 6) is 0.0843. The van der Waals surface area contributed by atoms with Crippen LogP contribution in [0, 0.1) is 25.2 Å². The van der Waals surface area contributed by atoms with Crippen molar-refractivity contribution in [1.82, 2.24) is 9.55 Å². The maximum Gasteiger partial charge on any atom is 0.238 e. The van der Waals surface area contributed by atoms with Crippen molar-refractivity contribution in [3.8, 4) is 11.8 Å². The maximum atomic E-state index is 12.7. The number of rotatable bonds is 6. The van der Waals surface area contributed by atoms with E-state index in [0.717, 1.165) is 16.5 Å². The lowest BCUT2D eigenvalue weighted by molar-refractivity contribution is -0.116. The number of para-hydroxylation sites is 1. The van der Waals surface area contributed by atoms with Crippen molar-refractivity contribution < 1.29 is 4.79 Å². The number of hydrogen-bond acceptors (Lipinski definition) is 4. The molecule has 0 atom stereocenters. The summed E-state index contributed by atoms with van der Waals surface area (Å²) in [5, 5.41) is 9.83. The van der Waals surface area contributed by atoms with E-state index in [0.29, 0.717) is 0 Å². The minimum absolute atomic E-state index is 0.0227. The quantitative estimate of drug-likeness (QED) is 0.479. The normalized spacial score (nSPS) is 10.4. The molecule has 27 heavy (non-hydrogen) atoms. The number of nitriles is 1. The summed E-state index contributed by atoms with van der Waals surface area (Å²) < 4.78 is 1.98. The van der Waals surface area contributed by atoms with E-state index in [2.05, 4.69) is 43.1 Å². The molecule has 1 heterocycles. The Hall–Kier alpha value is -3.04. The van der Waals surface area contributed by atoms with Crippen LogP contribution in [0.4, 0.5) is 5.69 Å². The molecule has 6 heteroatoms. The number of anilines is 1. The van der Waals surface area contributed by atoms with Crippen LogP contribution in [0.5, 0.6) is 0 Å². The van der Waals surface area contributed by atoms with Crippen molar-refractivity contribution in [2.75, 3.05) is 17.2 Å². The number of aromatic nitrogens is 2. The van der Waals surface area contributed by atoms with Gasteiger partial charge in [0, 0.05) is 23.8 Å². The lowest BCUT2D eigenvalue weighted by Gasteiger charge is -2.19. The number of hydrogen-bond donors (Lipinski definition) is 0. The molecule has 0 aliphatic heterocycles. The summed E-state index contributed by atoms with van der Waals surface area (Å²) in [6.07, 6.45) is 3.62. The average Bonchev–Trinajstić information content (AvgIpc) is 3.13. The van der Waals surface area contributed by atoms with E-state index >= 15 is 0 Å². The molecule has 0 saturated carbocycles. The molecule has 3 rings (SSSR count). The molecule has 1 aromatic heterocycles. The molecule has 1 amide bonds. The summed E-state index contributed by atoms with van der Waals surface area (Å²) in [5.41, 5.74) is 4.10. The Bertz CT molecular complexity index is 955. The molecule has 0 aliphatic carbocycles. The van der Waals surface area contributed by atoms with Crippen LogP contribution in [0.15, 0.2) is 66.1 Å². The highest BCUT2D eigenvalue weighted by atomic mass is 32.2. The number of carbonyl (C=O) groups excluding carboxylic acids is 1. The Kier molecular flexibility index (Phi) is 5.94. The fraction of sp³-hybridized carbons (Fsp3) is 0.190. The molecule has 5 nitrogen and oxygen atoms in total. The van der Waals surface area contributed by atoms with Gasteiger partial charge >= 0.3 is 0 Å². The van der Waals surface area contributed by atoms with Crippen molar-refractivity contribution in [2.45, 2.75) is 19.0 Å². The van der Waals surface area contributed by atoms with Crippen molar-refractivity contribution >= 4 is 23.4 Å². The first-order valence-electron chi connectivity index (χ1n) is 8.55. The van der Waals surface area contributed by atoms with Gasteiger partial charge in [-0.3, -0.25) is 14.3 Å². The van der Waals surface area contributed by atoms with Gasteiger partial charge in [0.1, 0.15) is 6.54 Å². The highest BCUT2D eigenvalue weighted by Gasteiger charge is 2.17. The zero-order valence-electron chi connectivity index (χ0n) is 15.3. The molecule has 0 unspecified atom stereocenters. The zero-order valence-corrected chi connectivity index (χ0v) is 16.1. The predicted molar refractivity (Wildman–Crippen MR) is 108 cm³/mol. The second kappa shape index (κ2) is 8.56. The maximum absolute atomic E-state index is 12.7. The fourth-order valence-electron chi connectivity index (χ4n) is 2.89. The number of carbonyl (C=O) groups is 1. The van der Waals surface area contributed by atoms with E-state index in [1.54, 1.807) is 6.20 Å². The lowest BCUT2D eigenvalue weighted by Crippen LogP contribution is -2.32. The number of nitrogens with zero attached hydrogens (tertiary/aromatic N) is 4. The van der Waals surface area contributed by atoms with Gasteiger partial charge in [0.25, 0.3) is 0 Å². The molecular weight excluding hydrogens is 356 g/mol. The van der Waals surface area contributed by atoms with E-state index in [4.69, 9.17) is 5.26 Å². The second-order valence-electron chi connectivity index (χ2n) is 6.19. The molecular formula is C21H20N4OS. The molecule has 0 aliphatic rings. The van der Waals surface area contributed by atoms with E-state index in [9.17, 15) is 4.79 Å². The highest BCUT2D eigenvalue weighted by Crippen LogP contribution is 2.23. The van der Waals surface area contributed by atoms with Gasteiger partial charge in [-0.1, -0.05) is 36.0 Å². The molecule has 0 bridgehead atoms. The van der Waals surface area contributed by atoms with Gasteiger partial charge in [0.2, 0.25) is 5.91 Å². The van der Waals surface area contributed by atoms with Gasteiger partial charge in [-0.25, -0.2) is 4.98 Å². The van der Waals surface area contributed by atoms with Crippen LogP contribution in [0.1, 0.15) is 11.1 Å². The molecule has 0 fully saturated rings. The van der Waals surface area contributed by atoms with Gasteiger partial charge in [-0.15, -0.1) is 0 Å². The molecule has 0 radical (unpaired) electrons. The van der Waals surface area contributed by atoms with Crippen molar-refractivity contribution in [3.63, 3.8) is 0 Å². The summed E-state index contributed by atoms with van der Waals surface area (Å²) in [7, 11) is 0. The SMILES string of the molecule is Cc1cc(C)cc(-n2ccnc2SCC(=O)N(CC#N)c2ccccc2)c1. The zero-order chi connectivity index (χ0) is 19.2. The van der Waals surface area contributed by atoms with Crippen LogP contribution >= 0.6 is 11.8 Å². The summed E-state index contributed by atoms with van der Waals surface area (Å²) in [6, 6.07) is 17.6. The molecule has 0 N–H and O–H groups in total. The second-order valence-corrected chi connectivity index (χ2v) is 7.13. The predicted octanol–water partition coefficient (Wildman–Crippen LogP) is 4.14. The summed E-state index contributed by atoms with van der Waals surface area (Å²) in [4.78, 5) is 18.6. The Morgan fingerprint density at radius 3 is 2.56 bits per heavy atom. The largest absolute Gasteiger partial charge is 0.298 e. The summed E-state index contributed by atoms with van der Waals surface area (Å²) >= 11 is 1.37. The Morgan fingerprint density at radius 2 is 1.89 bits per heavy atom. The Labute approximate surface area is 163 Å². The molecule has 3 aromatic rings. The number of aryl methyl sites for hydroxylation is 2. The highest BCUT2D eigenvalue weighted by molar-refractivity contribution is 7.99. The molecule has 0 spiro atoms. The number of amides is 1. The van der Waals surface area contributed by atoms with Gasteiger partial charge in [0.15, 0.2) is 5.16 Å². The third-order valence-electron chi connectivity index (χ3n) is 4.01. The Balaban J connectivity index is 1.76. The van der Waals surface area contributed by atoms with E-state index in [-0.39, 0.29) is 18.2 Å². The number of thioether (sulfide) groups is 1. The van der Waals surface area contributed by atoms with Gasteiger partial charge in [-0.05, 0) is 49.2 Å². The van der Waals surface area contributed by atoms with Crippen LogP contribution in [0.25, 0.3) is 5.69 Å². The van der Waals surface area contributed by atoms with Crippen molar-refractivity contribution in [1.29, 1.82) is 5.26 Å². The van der Waals surface area contributed by atoms with Crippen molar-refractivity contribution in [3.05, 3.63) is 72.1 Å². The third-order valence-corrected chi connectivity index (χ3v) is 4.97. The third kappa shape index (κ3) is 4.57. The number of imidazole rings is 1. The fourth-order valence-corrected chi connectivity index (χ4v) is 3.74. The van der Waals surface area contributed by atoms with Crippen LogP contribution in [0.2, 0.25) is 0 Å². The van der Waals surface area contributed by atoms with E-state index < -0.39 is 0 Å². The first-order valence-corrected chi connectivity index (χ1v) is 9.54. The lowest BCUT2D eigenvalue weighted by atomic mass is 10.1. The first kappa shape index (κ1) is 18.7. The van der Waals surface area contributed by atoms with Crippen LogP contribution < -0.4 is 4.90 Å². The minimum atomic E-state index is -0.122. The van der Waals surface area contributed by atoms with Crippen LogP contribution in [0.3, 0.4) is 0 Å². The van der Waals surface area contributed by atoms with Crippen molar-refractivity contribution in [2.24, 2.45) is 0 Å². The van der Waals surface area contributed by atoms with Gasteiger partial charge in [-0.2, -0.15) is 5.26 Å². The minimum Gasteiger partial charge on any atom is -0.298 e. The molecule has 2 aromatic carbocycles. The van der Waals surface area contributed by atoms with Crippen LogP contribution in [-0.4, -0.2) is 27.8 Å². The molecule has 136 valence electrons.